The normalized spacial score (nSPS) is 18.6. The Hall–Kier alpha value is -0.590. The Bertz CT molecular complexity index is 429. The van der Waals surface area contributed by atoms with Gasteiger partial charge in [0, 0.05) is 31.4 Å². The van der Waals surface area contributed by atoms with Crippen molar-refractivity contribution in [2.24, 2.45) is 0 Å². The van der Waals surface area contributed by atoms with Crippen LogP contribution in [-0.2, 0) is 4.74 Å². The molecule has 1 N–H and O–H groups in total. The number of nitrogens with one attached hydrogen (secondary N) is 1. The maximum Gasteiger partial charge on any atom is 0.191 e. The van der Waals surface area contributed by atoms with Gasteiger partial charge in [0.1, 0.15) is 5.82 Å². The Morgan fingerprint density at radius 2 is 2.10 bits per heavy atom. The molecule has 20 heavy (non-hydrogen) atoms. The minimum absolute atomic E-state index is 0.697. The van der Waals surface area contributed by atoms with Gasteiger partial charge in [0.25, 0.3) is 0 Å². The molecule has 2 saturated carbocycles. The Balaban J connectivity index is 1.43. The van der Waals surface area contributed by atoms with Gasteiger partial charge in [0.2, 0.25) is 0 Å². The Morgan fingerprint density at radius 1 is 1.25 bits per heavy atom. The van der Waals surface area contributed by atoms with E-state index in [0.29, 0.717) is 12.0 Å². The van der Waals surface area contributed by atoms with Crippen LogP contribution in [0.2, 0.25) is 0 Å². The van der Waals surface area contributed by atoms with Gasteiger partial charge in [0.05, 0.1) is 6.61 Å². The molecule has 0 bridgehead atoms. The predicted octanol–water partition coefficient (Wildman–Crippen LogP) is 2.21. The molecule has 0 aliphatic heterocycles. The first-order valence-corrected chi connectivity index (χ1v) is 8.66. The lowest BCUT2D eigenvalue weighted by Gasteiger charge is -2.08. The largest absolute Gasteiger partial charge is 0.383 e. The first-order chi connectivity index (χ1) is 9.90. The van der Waals surface area contributed by atoms with E-state index in [-0.39, 0.29) is 0 Å². The molecule has 0 saturated heterocycles. The number of hydrogen-bond acceptors (Lipinski definition) is 5. The van der Waals surface area contributed by atoms with Gasteiger partial charge in [-0.25, -0.2) is 0 Å². The fourth-order valence-corrected chi connectivity index (χ4v) is 3.29. The van der Waals surface area contributed by atoms with Crippen molar-refractivity contribution in [3.05, 3.63) is 5.82 Å². The van der Waals surface area contributed by atoms with Crippen molar-refractivity contribution in [3.63, 3.8) is 0 Å². The second-order valence-corrected chi connectivity index (χ2v) is 6.72. The topological polar surface area (TPSA) is 52.0 Å². The highest BCUT2D eigenvalue weighted by Crippen LogP contribution is 2.45. The van der Waals surface area contributed by atoms with Crippen LogP contribution in [0.4, 0.5) is 0 Å². The van der Waals surface area contributed by atoms with E-state index < -0.39 is 0 Å². The molecule has 6 heteroatoms. The van der Waals surface area contributed by atoms with Crippen LogP contribution in [0.1, 0.15) is 49.9 Å². The summed E-state index contributed by atoms with van der Waals surface area (Å²) < 4.78 is 7.44. The van der Waals surface area contributed by atoms with E-state index in [9.17, 15) is 0 Å². The summed E-state index contributed by atoms with van der Waals surface area (Å²) >= 11 is 1.86. The summed E-state index contributed by atoms with van der Waals surface area (Å²) in [6.07, 6.45) is 6.39. The number of nitrogens with zero attached hydrogens (tertiary/aromatic N) is 3. The summed E-state index contributed by atoms with van der Waals surface area (Å²) in [5.41, 5.74) is 0. The van der Waals surface area contributed by atoms with Gasteiger partial charge in [-0.3, -0.25) is 0 Å². The molecule has 2 fully saturated rings. The smallest absolute Gasteiger partial charge is 0.191 e. The van der Waals surface area contributed by atoms with E-state index in [1.807, 2.05) is 11.8 Å². The van der Waals surface area contributed by atoms with Crippen LogP contribution in [0, 0.1) is 0 Å². The monoisotopic (exact) mass is 296 g/mol. The van der Waals surface area contributed by atoms with Crippen molar-refractivity contribution in [1.29, 1.82) is 0 Å². The standard InChI is InChI=1S/C14H24N4OS/c1-19-9-8-15-7-2-10-20-14-17-16-13(11-3-4-11)18(14)12-5-6-12/h11-12,15H,2-10H2,1H3. The molecular formula is C14H24N4OS. The summed E-state index contributed by atoms with van der Waals surface area (Å²) in [5.74, 6) is 3.07. The van der Waals surface area contributed by atoms with Crippen molar-refractivity contribution >= 4 is 11.8 Å². The van der Waals surface area contributed by atoms with Gasteiger partial charge in [-0.1, -0.05) is 11.8 Å². The zero-order valence-corrected chi connectivity index (χ0v) is 13.0. The zero-order valence-electron chi connectivity index (χ0n) is 12.2. The lowest BCUT2D eigenvalue weighted by atomic mass is 10.4. The molecule has 0 unspecified atom stereocenters. The first-order valence-electron chi connectivity index (χ1n) is 7.67. The molecule has 1 heterocycles. The molecule has 1 aromatic heterocycles. The highest BCUT2D eigenvalue weighted by molar-refractivity contribution is 7.99. The SMILES string of the molecule is COCCNCCCSc1nnc(C2CC2)n1C1CC1. The molecule has 5 nitrogen and oxygen atoms in total. The van der Waals surface area contributed by atoms with E-state index in [4.69, 9.17) is 4.74 Å². The summed E-state index contributed by atoms with van der Waals surface area (Å²) in [7, 11) is 1.74. The van der Waals surface area contributed by atoms with Crippen LogP contribution in [0.15, 0.2) is 5.16 Å². The zero-order chi connectivity index (χ0) is 13.8. The minimum atomic E-state index is 0.697. The van der Waals surface area contributed by atoms with Crippen molar-refractivity contribution in [2.45, 2.75) is 49.2 Å². The molecule has 112 valence electrons. The molecule has 0 radical (unpaired) electrons. The second kappa shape index (κ2) is 6.91. The summed E-state index contributed by atoms with van der Waals surface area (Å²) in [6.45, 7) is 2.77. The van der Waals surface area contributed by atoms with Crippen LogP contribution in [0.25, 0.3) is 0 Å². The van der Waals surface area contributed by atoms with Gasteiger partial charge in [-0.15, -0.1) is 10.2 Å². The number of rotatable bonds is 10. The van der Waals surface area contributed by atoms with E-state index in [2.05, 4.69) is 20.1 Å². The quantitative estimate of drug-likeness (QED) is 0.530. The lowest BCUT2D eigenvalue weighted by molar-refractivity contribution is 0.199. The molecule has 3 rings (SSSR count). The van der Waals surface area contributed by atoms with Crippen LogP contribution in [0.5, 0.6) is 0 Å². The molecule has 0 spiro atoms. The Morgan fingerprint density at radius 3 is 2.80 bits per heavy atom. The maximum absolute atomic E-state index is 5.01. The van der Waals surface area contributed by atoms with E-state index in [0.717, 1.165) is 37.0 Å². The van der Waals surface area contributed by atoms with Crippen molar-refractivity contribution in [1.82, 2.24) is 20.1 Å². The van der Waals surface area contributed by atoms with Crippen LogP contribution in [-0.4, -0.2) is 47.3 Å². The van der Waals surface area contributed by atoms with Gasteiger partial charge in [-0.05, 0) is 38.6 Å². The van der Waals surface area contributed by atoms with Crippen LogP contribution in [0.3, 0.4) is 0 Å². The average molecular weight is 296 g/mol. The van der Waals surface area contributed by atoms with Crippen molar-refractivity contribution < 1.29 is 4.74 Å². The third kappa shape index (κ3) is 3.74. The number of hydrogen-bond donors (Lipinski definition) is 1. The summed E-state index contributed by atoms with van der Waals surface area (Å²) in [5, 5.41) is 13.4. The fraction of sp³-hybridized carbons (Fsp3) is 0.857. The average Bonchev–Trinajstić information content (AvgIpc) is 3.37. The lowest BCUT2D eigenvalue weighted by Crippen LogP contribution is -2.20. The van der Waals surface area contributed by atoms with E-state index >= 15 is 0 Å². The van der Waals surface area contributed by atoms with Gasteiger partial charge < -0.3 is 14.6 Å². The van der Waals surface area contributed by atoms with Crippen molar-refractivity contribution in [3.8, 4) is 0 Å². The molecule has 2 aliphatic rings. The van der Waals surface area contributed by atoms with Crippen LogP contribution < -0.4 is 5.32 Å². The van der Waals surface area contributed by atoms with Gasteiger partial charge in [-0.2, -0.15) is 0 Å². The molecule has 1 aromatic rings. The third-order valence-corrected chi connectivity index (χ3v) is 4.79. The third-order valence-electron chi connectivity index (χ3n) is 3.76. The Kier molecular flexibility index (Phi) is 4.96. The summed E-state index contributed by atoms with van der Waals surface area (Å²) in [6, 6.07) is 0.697. The van der Waals surface area contributed by atoms with E-state index in [1.54, 1.807) is 7.11 Å². The molecule has 0 aromatic carbocycles. The van der Waals surface area contributed by atoms with Crippen LogP contribution >= 0.6 is 11.8 Å². The summed E-state index contributed by atoms with van der Waals surface area (Å²) in [4.78, 5) is 0. The number of methoxy groups -OCH3 is 1. The molecular weight excluding hydrogens is 272 g/mol. The highest BCUT2D eigenvalue weighted by atomic mass is 32.2. The van der Waals surface area contributed by atoms with E-state index in [1.165, 1.54) is 31.5 Å². The molecule has 0 atom stereocenters. The number of aromatic nitrogens is 3. The Labute approximate surface area is 124 Å². The second-order valence-electron chi connectivity index (χ2n) is 5.66. The van der Waals surface area contributed by atoms with Gasteiger partial charge >= 0.3 is 0 Å². The highest BCUT2D eigenvalue weighted by Gasteiger charge is 2.36. The fourth-order valence-electron chi connectivity index (χ4n) is 2.34. The van der Waals surface area contributed by atoms with Crippen molar-refractivity contribution in [2.75, 3.05) is 32.6 Å². The first kappa shape index (κ1) is 14.4. The van der Waals surface area contributed by atoms with Gasteiger partial charge in [0.15, 0.2) is 5.16 Å². The maximum atomic E-state index is 5.01. The molecule has 2 aliphatic carbocycles. The molecule has 0 amide bonds. The number of ether oxygens (including phenoxy) is 1. The number of thioether (sulfide) groups is 1. The predicted molar refractivity (Wildman–Crippen MR) is 80.4 cm³/mol. The minimum Gasteiger partial charge on any atom is -0.383 e.